The van der Waals surface area contributed by atoms with E-state index in [2.05, 4.69) is 47.2 Å². The van der Waals surface area contributed by atoms with Gasteiger partial charge in [-0.3, -0.25) is 0 Å². The second kappa shape index (κ2) is 4.66. The fourth-order valence-electron chi connectivity index (χ4n) is 1.31. The quantitative estimate of drug-likeness (QED) is 0.941. The fraction of sp³-hybridized carbons (Fsp3) is 0.417. The maximum atomic E-state index is 5.39. The lowest BCUT2D eigenvalue weighted by molar-refractivity contribution is 0.386. The molecule has 0 fully saturated rings. The van der Waals surface area contributed by atoms with Crippen LogP contribution in [0.4, 0.5) is 0 Å². The summed E-state index contributed by atoms with van der Waals surface area (Å²) in [5.41, 5.74) is 0.926. The number of hydrogen-bond donors (Lipinski definition) is 1. The molecule has 2 rings (SSSR count). The van der Waals surface area contributed by atoms with E-state index in [9.17, 15) is 0 Å². The van der Waals surface area contributed by atoms with Gasteiger partial charge in [0.15, 0.2) is 10.4 Å². The lowest BCUT2D eigenvalue weighted by Crippen LogP contribution is -2.35. The summed E-state index contributed by atoms with van der Waals surface area (Å²) in [6, 6.07) is 5.54. The summed E-state index contributed by atoms with van der Waals surface area (Å²) in [7, 11) is 0. The Morgan fingerprint density at radius 1 is 1.29 bits per heavy atom. The Hall–Kier alpha value is -1.07. The molecule has 5 heteroatoms. The predicted molar refractivity (Wildman–Crippen MR) is 68.5 cm³/mol. The van der Waals surface area contributed by atoms with Crippen LogP contribution in [0.25, 0.3) is 11.5 Å². The highest BCUT2D eigenvalue weighted by atomic mass is 79.9. The first-order chi connectivity index (χ1) is 7.94. The van der Waals surface area contributed by atoms with E-state index in [1.54, 1.807) is 0 Å². The molecule has 17 heavy (non-hydrogen) atoms. The van der Waals surface area contributed by atoms with Gasteiger partial charge in [0.05, 0.1) is 5.69 Å². The lowest BCUT2D eigenvalue weighted by atomic mass is 10.1. The van der Waals surface area contributed by atoms with E-state index in [0.717, 1.165) is 5.69 Å². The van der Waals surface area contributed by atoms with Crippen LogP contribution in [0.3, 0.4) is 0 Å². The third kappa shape index (κ3) is 3.44. The molecule has 0 aliphatic heterocycles. The zero-order chi connectivity index (χ0) is 12.5. The van der Waals surface area contributed by atoms with Crippen LogP contribution in [0.15, 0.2) is 31.8 Å². The van der Waals surface area contributed by atoms with Crippen LogP contribution >= 0.6 is 15.9 Å². The molecule has 0 spiro atoms. The Morgan fingerprint density at radius 3 is 2.65 bits per heavy atom. The van der Waals surface area contributed by atoms with Crippen molar-refractivity contribution in [1.82, 2.24) is 10.5 Å². The van der Waals surface area contributed by atoms with Crippen molar-refractivity contribution in [3.8, 4) is 11.5 Å². The zero-order valence-electron chi connectivity index (χ0n) is 10.1. The summed E-state index contributed by atoms with van der Waals surface area (Å²) >= 11 is 3.25. The number of rotatable bonds is 3. The van der Waals surface area contributed by atoms with Gasteiger partial charge in [-0.1, -0.05) is 5.16 Å². The Morgan fingerprint density at radius 2 is 2.06 bits per heavy atom. The minimum absolute atomic E-state index is 0.0623. The summed E-state index contributed by atoms with van der Waals surface area (Å²) in [6.07, 6.45) is 0. The van der Waals surface area contributed by atoms with E-state index < -0.39 is 0 Å². The van der Waals surface area contributed by atoms with Crippen LogP contribution < -0.4 is 5.32 Å². The average molecular weight is 299 g/mol. The van der Waals surface area contributed by atoms with Crippen LogP contribution in [0.1, 0.15) is 26.5 Å². The Balaban J connectivity index is 2.06. The molecular weight excluding hydrogens is 284 g/mol. The van der Waals surface area contributed by atoms with Gasteiger partial charge in [-0.25, -0.2) is 0 Å². The molecule has 0 unspecified atom stereocenters. The first kappa shape index (κ1) is 12.4. The number of furan rings is 1. The molecule has 0 bridgehead atoms. The van der Waals surface area contributed by atoms with Crippen molar-refractivity contribution in [3.05, 3.63) is 28.6 Å². The molecular formula is C12H15BrN2O2. The van der Waals surface area contributed by atoms with E-state index in [1.807, 2.05) is 18.2 Å². The summed E-state index contributed by atoms with van der Waals surface area (Å²) in [4.78, 5) is 0. The van der Waals surface area contributed by atoms with E-state index in [4.69, 9.17) is 8.94 Å². The van der Waals surface area contributed by atoms with Gasteiger partial charge < -0.3 is 14.3 Å². The van der Waals surface area contributed by atoms with Gasteiger partial charge in [0.1, 0.15) is 0 Å². The van der Waals surface area contributed by atoms with Crippen molar-refractivity contribution in [1.29, 1.82) is 0 Å². The van der Waals surface area contributed by atoms with Crippen LogP contribution in [0.5, 0.6) is 0 Å². The molecule has 0 aliphatic rings. The Kier molecular flexibility index (Phi) is 3.40. The molecule has 4 nitrogen and oxygen atoms in total. The molecule has 0 atom stereocenters. The van der Waals surface area contributed by atoms with E-state index in [-0.39, 0.29) is 5.54 Å². The van der Waals surface area contributed by atoms with Crippen LogP contribution in [-0.4, -0.2) is 10.7 Å². The number of halogens is 1. The first-order valence-electron chi connectivity index (χ1n) is 5.40. The maximum absolute atomic E-state index is 5.39. The second-order valence-electron chi connectivity index (χ2n) is 4.89. The minimum Gasteiger partial charge on any atom is -0.446 e. The van der Waals surface area contributed by atoms with Crippen molar-refractivity contribution in [3.63, 3.8) is 0 Å². The average Bonchev–Trinajstić information content (AvgIpc) is 2.81. The molecule has 0 saturated carbocycles. The standard InChI is InChI=1S/C12H15BrN2O2/c1-12(2,3)14-7-8-6-10(17-15-8)9-4-5-11(13)16-9/h4-6,14H,7H2,1-3H3. The summed E-state index contributed by atoms with van der Waals surface area (Å²) < 4.78 is 11.3. The first-order valence-corrected chi connectivity index (χ1v) is 6.20. The number of aromatic nitrogens is 1. The van der Waals surface area contributed by atoms with Gasteiger partial charge in [-0.2, -0.15) is 0 Å². The highest BCUT2D eigenvalue weighted by Crippen LogP contribution is 2.25. The van der Waals surface area contributed by atoms with Gasteiger partial charge in [0, 0.05) is 18.2 Å². The normalized spacial score (nSPS) is 12.0. The number of nitrogens with one attached hydrogen (secondary N) is 1. The van der Waals surface area contributed by atoms with Crippen LogP contribution in [-0.2, 0) is 6.54 Å². The van der Waals surface area contributed by atoms with Gasteiger partial charge in [0.2, 0.25) is 5.76 Å². The zero-order valence-corrected chi connectivity index (χ0v) is 11.7. The number of nitrogens with zero attached hydrogens (tertiary/aromatic N) is 1. The minimum atomic E-state index is 0.0623. The van der Waals surface area contributed by atoms with Gasteiger partial charge in [0.25, 0.3) is 0 Å². The van der Waals surface area contributed by atoms with Crippen molar-refractivity contribution in [2.75, 3.05) is 0 Å². The SMILES string of the molecule is CC(C)(C)NCc1cc(-c2ccc(Br)o2)on1. The largest absolute Gasteiger partial charge is 0.446 e. The molecule has 2 aromatic rings. The van der Waals surface area contributed by atoms with Crippen molar-refractivity contribution >= 4 is 15.9 Å². The van der Waals surface area contributed by atoms with Gasteiger partial charge in [-0.15, -0.1) is 0 Å². The molecule has 0 saturated heterocycles. The van der Waals surface area contributed by atoms with Crippen LogP contribution in [0, 0.1) is 0 Å². The summed E-state index contributed by atoms with van der Waals surface area (Å²) in [5.74, 6) is 1.31. The maximum Gasteiger partial charge on any atom is 0.202 e. The Labute approximate surface area is 108 Å². The second-order valence-corrected chi connectivity index (χ2v) is 5.67. The van der Waals surface area contributed by atoms with Crippen molar-refractivity contribution < 1.29 is 8.94 Å². The molecule has 2 aromatic heterocycles. The predicted octanol–water partition coefficient (Wildman–Crippen LogP) is 3.59. The third-order valence-electron chi connectivity index (χ3n) is 2.17. The fourth-order valence-corrected chi connectivity index (χ4v) is 1.62. The molecule has 0 aromatic carbocycles. The molecule has 0 aliphatic carbocycles. The van der Waals surface area contributed by atoms with E-state index in [1.165, 1.54) is 0 Å². The summed E-state index contributed by atoms with van der Waals surface area (Å²) in [5, 5.41) is 7.34. The highest BCUT2D eigenvalue weighted by molar-refractivity contribution is 9.10. The third-order valence-corrected chi connectivity index (χ3v) is 2.60. The van der Waals surface area contributed by atoms with Gasteiger partial charge in [-0.05, 0) is 48.8 Å². The monoisotopic (exact) mass is 298 g/mol. The molecule has 92 valence electrons. The highest BCUT2D eigenvalue weighted by Gasteiger charge is 2.13. The van der Waals surface area contributed by atoms with Crippen molar-refractivity contribution in [2.24, 2.45) is 0 Å². The van der Waals surface area contributed by atoms with Crippen LogP contribution in [0.2, 0.25) is 0 Å². The smallest absolute Gasteiger partial charge is 0.202 e. The topological polar surface area (TPSA) is 51.2 Å². The van der Waals surface area contributed by atoms with E-state index >= 15 is 0 Å². The molecule has 0 radical (unpaired) electrons. The molecule has 0 amide bonds. The summed E-state index contributed by atoms with van der Waals surface area (Å²) in [6.45, 7) is 7.00. The molecule has 2 heterocycles. The Bertz CT molecular complexity index is 497. The van der Waals surface area contributed by atoms with E-state index in [0.29, 0.717) is 22.7 Å². The molecule has 1 N–H and O–H groups in total. The van der Waals surface area contributed by atoms with Crippen molar-refractivity contribution in [2.45, 2.75) is 32.9 Å². The van der Waals surface area contributed by atoms with Gasteiger partial charge >= 0.3 is 0 Å². The lowest BCUT2D eigenvalue weighted by Gasteiger charge is -2.19. The number of hydrogen-bond acceptors (Lipinski definition) is 4.